The van der Waals surface area contributed by atoms with Gasteiger partial charge in [-0.05, 0) is 37.8 Å². The molecule has 3 aromatic rings. The average Bonchev–Trinajstić information content (AvgIpc) is 3.20. The molecule has 1 amide bonds. The fourth-order valence-corrected chi connectivity index (χ4v) is 3.46. The van der Waals surface area contributed by atoms with Crippen LogP contribution in [0.5, 0.6) is 0 Å². The monoisotopic (exact) mass is 394 g/mol. The summed E-state index contributed by atoms with van der Waals surface area (Å²) in [6.07, 6.45) is 5.29. The summed E-state index contributed by atoms with van der Waals surface area (Å²) in [7, 11) is 0. The van der Waals surface area contributed by atoms with Crippen molar-refractivity contribution in [1.82, 2.24) is 29.5 Å². The molecule has 152 valence electrons. The topological polar surface area (TPSA) is 100 Å². The van der Waals surface area contributed by atoms with E-state index >= 15 is 0 Å². The van der Waals surface area contributed by atoms with Crippen LogP contribution in [0.25, 0.3) is 5.78 Å². The second-order valence-electron chi connectivity index (χ2n) is 7.51. The highest BCUT2D eigenvalue weighted by atomic mass is 16.2. The number of pyridine rings is 1. The van der Waals surface area contributed by atoms with Crippen molar-refractivity contribution in [2.75, 3.05) is 36.8 Å². The zero-order valence-corrected chi connectivity index (χ0v) is 16.8. The van der Waals surface area contributed by atoms with Crippen LogP contribution in [0.2, 0.25) is 0 Å². The van der Waals surface area contributed by atoms with E-state index in [4.69, 9.17) is 0 Å². The highest BCUT2D eigenvalue weighted by Gasteiger charge is 2.21. The molecule has 0 atom stereocenters. The number of amides is 1. The minimum atomic E-state index is 0.0718. The third-order valence-corrected chi connectivity index (χ3v) is 5.20. The standard InChI is InChI=1S/C20H26N8O/c1-14-5-9-27(10-6-14)19(29)16-3-4-17(23-12-16)21-7-8-22-18-11-15(2)26-20-24-13-25-28(18)20/h3-4,11-14,22H,5-10H2,1-2H3,(H,21,23). The SMILES string of the molecule is Cc1cc(NCCNc2ccc(C(=O)N3CCC(C)CC3)cn2)n2ncnc2n1. The van der Waals surface area contributed by atoms with Crippen molar-refractivity contribution in [1.29, 1.82) is 0 Å². The van der Waals surface area contributed by atoms with Crippen LogP contribution in [0.4, 0.5) is 11.6 Å². The quantitative estimate of drug-likeness (QED) is 0.618. The van der Waals surface area contributed by atoms with E-state index in [2.05, 4.69) is 37.6 Å². The highest BCUT2D eigenvalue weighted by molar-refractivity contribution is 5.94. The Balaban J connectivity index is 1.28. The summed E-state index contributed by atoms with van der Waals surface area (Å²) < 4.78 is 1.67. The van der Waals surface area contributed by atoms with Crippen LogP contribution in [0.3, 0.4) is 0 Å². The second-order valence-corrected chi connectivity index (χ2v) is 7.51. The highest BCUT2D eigenvalue weighted by Crippen LogP contribution is 2.18. The van der Waals surface area contributed by atoms with E-state index in [0.29, 0.717) is 30.3 Å². The number of rotatable bonds is 6. The molecule has 1 aliphatic rings. The molecule has 1 fully saturated rings. The number of aromatic nitrogens is 5. The Bertz CT molecular complexity index is 976. The van der Waals surface area contributed by atoms with E-state index in [1.165, 1.54) is 6.33 Å². The molecule has 4 heterocycles. The first-order chi connectivity index (χ1) is 14.1. The smallest absolute Gasteiger partial charge is 0.255 e. The van der Waals surface area contributed by atoms with Crippen LogP contribution in [0.1, 0.15) is 35.8 Å². The average molecular weight is 394 g/mol. The maximum atomic E-state index is 12.6. The lowest BCUT2D eigenvalue weighted by atomic mass is 9.99. The Hall–Kier alpha value is -3.23. The Labute approximate surface area is 169 Å². The van der Waals surface area contributed by atoms with Crippen molar-refractivity contribution >= 4 is 23.3 Å². The van der Waals surface area contributed by atoms with Gasteiger partial charge >= 0.3 is 0 Å². The first kappa shape index (κ1) is 19.1. The molecule has 3 aromatic heterocycles. The van der Waals surface area contributed by atoms with Crippen LogP contribution in [0, 0.1) is 12.8 Å². The molecule has 9 heteroatoms. The second kappa shape index (κ2) is 8.42. The Morgan fingerprint density at radius 3 is 2.72 bits per heavy atom. The number of nitrogens with zero attached hydrogens (tertiary/aromatic N) is 6. The summed E-state index contributed by atoms with van der Waals surface area (Å²) in [5.41, 5.74) is 1.52. The van der Waals surface area contributed by atoms with Crippen molar-refractivity contribution < 1.29 is 4.79 Å². The third kappa shape index (κ3) is 4.44. The molecule has 0 radical (unpaired) electrons. The lowest BCUT2D eigenvalue weighted by molar-refractivity contribution is 0.0697. The summed E-state index contributed by atoms with van der Waals surface area (Å²) in [6.45, 7) is 7.17. The third-order valence-electron chi connectivity index (χ3n) is 5.20. The zero-order chi connectivity index (χ0) is 20.2. The van der Waals surface area contributed by atoms with E-state index in [1.54, 1.807) is 10.7 Å². The number of piperidine rings is 1. The number of carbonyl (C=O) groups is 1. The maximum absolute atomic E-state index is 12.6. The van der Waals surface area contributed by atoms with Gasteiger partial charge in [-0.3, -0.25) is 4.79 Å². The largest absolute Gasteiger partial charge is 0.368 e. The molecule has 0 aromatic carbocycles. The minimum absolute atomic E-state index is 0.0718. The van der Waals surface area contributed by atoms with Crippen LogP contribution in [-0.4, -0.2) is 61.6 Å². The predicted octanol–water partition coefficient (Wildman–Crippen LogP) is 2.22. The van der Waals surface area contributed by atoms with E-state index < -0.39 is 0 Å². The van der Waals surface area contributed by atoms with Crippen LogP contribution in [-0.2, 0) is 0 Å². The molecule has 0 aliphatic carbocycles. The lowest BCUT2D eigenvalue weighted by Crippen LogP contribution is -2.37. The van der Waals surface area contributed by atoms with E-state index in [9.17, 15) is 4.79 Å². The van der Waals surface area contributed by atoms with Gasteiger partial charge in [-0.25, -0.2) is 9.97 Å². The Morgan fingerprint density at radius 2 is 1.97 bits per heavy atom. The summed E-state index contributed by atoms with van der Waals surface area (Å²) in [6, 6.07) is 5.63. The molecule has 1 saturated heterocycles. The molecular formula is C20H26N8O. The van der Waals surface area contributed by atoms with Crippen molar-refractivity contribution in [2.45, 2.75) is 26.7 Å². The van der Waals surface area contributed by atoms with Crippen molar-refractivity contribution in [2.24, 2.45) is 5.92 Å². The number of anilines is 2. The lowest BCUT2D eigenvalue weighted by Gasteiger charge is -2.30. The predicted molar refractivity (Wildman–Crippen MR) is 111 cm³/mol. The number of fused-ring (bicyclic) bond motifs is 1. The van der Waals surface area contributed by atoms with Gasteiger partial charge in [0.25, 0.3) is 11.7 Å². The van der Waals surface area contributed by atoms with E-state index in [-0.39, 0.29) is 5.91 Å². The number of carbonyl (C=O) groups excluding carboxylic acids is 1. The maximum Gasteiger partial charge on any atom is 0.255 e. The Kier molecular flexibility index (Phi) is 5.55. The molecular weight excluding hydrogens is 368 g/mol. The molecule has 0 spiro atoms. The van der Waals surface area contributed by atoms with Gasteiger partial charge in [-0.2, -0.15) is 14.6 Å². The van der Waals surface area contributed by atoms with E-state index in [0.717, 1.165) is 43.3 Å². The molecule has 0 unspecified atom stereocenters. The molecule has 0 saturated carbocycles. The van der Waals surface area contributed by atoms with Crippen molar-refractivity contribution in [3.8, 4) is 0 Å². The van der Waals surface area contributed by atoms with Gasteiger partial charge in [0.1, 0.15) is 18.0 Å². The number of aryl methyl sites for hydroxylation is 1. The number of nitrogens with one attached hydrogen (secondary N) is 2. The summed E-state index contributed by atoms with van der Waals surface area (Å²) in [4.78, 5) is 27.3. The van der Waals surface area contributed by atoms with Gasteiger partial charge in [0.15, 0.2) is 0 Å². The first-order valence-electron chi connectivity index (χ1n) is 10.0. The summed E-state index contributed by atoms with van der Waals surface area (Å²) in [5.74, 6) is 2.94. The zero-order valence-electron chi connectivity index (χ0n) is 16.8. The summed E-state index contributed by atoms with van der Waals surface area (Å²) in [5, 5.41) is 10.8. The van der Waals surface area contributed by atoms with Crippen molar-refractivity contribution in [3.63, 3.8) is 0 Å². The minimum Gasteiger partial charge on any atom is -0.368 e. The summed E-state index contributed by atoms with van der Waals surface area (Å²) >= 11 is 0. The number of hydrogen-bond acceptors (Lipinski definition) is 7. The van der Waals surface area contributed by atoms with Crippen molar-refractivity contribution in [3.05, 3.63) is 42.0 Å². The first-order valence-corrected chi connectivity index (χ1v) is 10.0. The van der Waals surface area contributed by atoms with Gasteiger partial charge in [0, 0.05) is 44.1 Å². The van der Waals surface area contributed by atoms with Gasteiger partial charge in [0.05, 0.1) is 5.56 Å². The van der Waals surface area contributed by atoms with E-state index in [1.807, 2.05) is 30.0 Å². The molecule has 1 aliphatic heterocycles. The fourth-order valence-electron chi connectivity index (χ4n) is 3.46. The van der Waals surface area contributed by atoms with Crippen LogP contribution < -0.4 is 10.6 Å². The number of hydrogen-bond donors (Lipinski definition) is 2. The molecule has 4 rings (SSSR count). The van der Waals surface area contributed by atoms with Crippen LogP contribution in [0.15, 0.2) is 30.7 Å². The van der Waals surface area contributed by atoms with Crippen LogP contribution >= 0.6 is 0 Å². The molecule has 29 heavy (non-hydrogen) atoms. The molecule has 2 N–H and O–H groups in total. The molecule has 9 nitrogen and oxygen atoms in total. The fraction of sp³-hybridized carbons (Fsp3) is 0.450. The van der Waals surface area contributed by atoms with Gasteiger partial charge in [-0.15, -0.1) is 0 Å². The van der Waals surface area contributed by atoms with Gasteiger partial charge in [0.2, 0.25) is 0 Å². The van der Waals surface area contributed by atoms with Gasteiger partial charge < -0.3 is 15.5 Å². The Morgan fingerprint density at radius 1 is 1.17 bits per heavy atom. The van der Waals surface area contributed by atoms with Gasteiger partial charge in [-0.1, -0.05) is 6.92 Å². The normalized spacial score (nSPS) is 14.9. The number of likely N-dealkylation sites (tertiary alicyclic amines) is 1. The molecule has 0 bridgehead atoms.